The Labute approximate surface area is 272 Å². The fraction of sp³-hybridized carbons (Fsp3) is 0.353. The van der Waals surface area contributed by atoms with Crippen LogP contribution in [0.15, 0.2) is 77.8 Å². The van der Waals surface area contributed by atoms with Crippen molar-refractivity contribution in [2.24, 2.45) is 0 Å². The Hall–Kier alpha value is -3.35. The molecular weight excluding hydrogens is 623 g/mol. The molecule has 4 aromatic rings. The SMILES string of the molecule is Cc1ccc(S(=O)(=O)OCC(CO[Si](C)(C)C(C)(C)C)Oc2ccc3nc(/C=C/C=C/c4ccc(N(C)C)nc4)sc3c2)cc1. The van der Waals surface area contributed by atoms with Gasteiger partial charge in [0.05, 0.1) is 21.7 Å². The molecule has 0 amide bonds. The largest absolute Gasteiger partial charge is 0.486 e. The zero-order valence-electron chi connectivity index (χ0n) is 27.3. The molecular formula is C34H43N3O5S2Si. The van der Waals surface area contributed by atoms with Gasteiger partial charge in [-0.05, 0) is 79.2 Å². The number of rotatable bonds is 13. The van der Waals surface area contributed by atoms with Crippen molar-refractivity contribution in [1.82, 2.24) is 9.97 Å². The van der Waals surface area contributed by atoms with E-state index in [2.05, 4.69) is 38.8 Å². The normalized spacial score (nSPS) is 13.6. The van der Waals surface area contributed by atoms with Crippen LogP contribution in [0.1, 0.15) is 36.9 Å². The van der Waals surface area contributed by atoms with E-state index >= 15 is 0 Å². The molecule has 0 aliphatic rings. The van der Waals surface area contributed by atoms with Crippen molar-refractivity contribution in [3.63, 3.8) is 0 Å². The third-order valence-corrected chi connectivity index (χ3v) is 14.5. The highest BCUT2D eigenvalue weighted by Crippen LogP contribution is 2.37. The van der Waals surface area contributed by atoms with Gasteiger partial charge in [-0.2, -0.15) is 8.42 Å². The van der Waals surface area contributed by atoms with Crippen LogP contribution >= 0.6 is 11.3 Å². The van der Waals surface area contributed by atoms with Crippen LogP contribution in [0.2, 0.25) is 18.1 Å². The molecule has 0 saturated carbocycles. The summed E-state index contributed by atoms with van der Waals surface area (Å²) >= 11 is 1.55. The minimum Gasteiger partial charge on any atom is -0.486 e. The number of hydrogen-bond donors (Lipinski definition) is 0. The van der Waals surface area contributed by atoms with E-state index in [4.69, 9.17) is 18.3 Å². The summed E-state index contributed by atoms with van der Waals surface area (Å²) in [5.74, 6) is 1.50. The van der Waals surface area contributed by atoms with Gasteiger partial charge in [-0.1, -0.05) is 56.7 Å². The predicted octanol–water partition coefficient (Wildman–Crippen LogP) is 7.97. The quantitative estimate of drug-likeness (QED) is 0.0807. The van der Waals surface area contributed by atoms with Gasteiger partial charge in [0.1, 0.15) is 29.3 Å². The zero-order chi connectivity index (χ0) is 32.8. The second kappa shape index (κ2) is 14.4. The van der Waals surface area contributed by atoms with E-state index in [-0.39, 0.29) is 23.1 Å². The molecule has 8 nitrogen and oxygen atoms in total. The van der Waals surface area contributed by atoms with Crippen LogP contribution in [0.3, 0.4) is 0 Å². The molecule has 1 unspecified atom stereocenters. The van der Waals surface area contributed by atoms with E-state index in [1.54, 1.807) is 35.6 Å². The average Bonchev–Trinajstić information content (AvgIpc) is 3.39. The summed E-state index contributed by atoms with van der Waals surface area (Å²) in [6.07, 6.45) is 9.07. The Morgan fingerprint density at radius 2 is 1.69 bits per heavy atom. The lowest BCUT2D eigenvalue weighted by atomic mass is 10.2. The summed E-state index contributed by atoms with van der Waals surface area (Å²) < 4.78 is 45.0. The summed E-state index contributed by atoms with van der Waals surface area (Å²) in [6.45, 7) is 12.7. The van der Waals surface area contributed by atoms with E-state index in [0.29, 0.717) is 5.75 Å². The summed E-state index contributed by atoms with van der Waals surface area (Å²) in [4.78, 5) is 11.2. The van der Waals surface area contributed by atoms with Crippen molar-refractivity contribution in [2.45, 2.75) is 56.8 Å². The second-order valence-corrected chi connectivity index (χ2v) is 20.1. The second-order valence-electron chi connectivity index (χ2n) is 12.6. The maximum Gasteiger partial charge on any atom is 0.297 e. The fourth-order valence-electron chi connectivity index (χ4n) is 3.90. The maximum absolute atomic E-state index is 12.9. The Balaban J connectivity index is 1.47. The monoisotopic (exact) mass is 665 g/mol. The Kier molecular flexibility index (Phi) is 11.0. The number of pyridine rings is 1. The molecule has 240 valence electrons. The van der Waals surface area contributed by atoms with Crippen molar-refractivity contribution in [1.29, 1.82) is 0 Å². The summed E-state index contributed by atoms with van der Waals surface area (Å²) in [5, 5.41) is 0.846. The average molecular weight is 666 g/mol. The van der Waals surface area contributed by atoms with Crippen LogP contribution in [0.4, 0.5) is 5.82 Å². The number of benzene rings is 2. The molecule has 0 aliphatic carbocycles. The van der Waals surface area contributed by atoms with Gasteiger partial charge in [0.25, 0.3) is 10.1 Å². The lowest BCUT2D eigenvalue weighted by Crippen LogP contribution is -2.44. The van der Waals surface area contributed by atoms with Crippen LogP contribution < -0.4 is 9.64 Å². The number of nitrogens with zero attached hydrogens (tertiary/aromatic N) is 3. The molecule has 0 N–H and O–H groups in total. The number of anilines is 1. The van der Waals surface area contributed by atoms with Crippen molar-refractivity contribution >= 4 is 58.0 Å². The number of thiazole rings is 1. The van der Waals surface area contributed by atoms with E-state index in [9.17, 15) is 8.42 Å². The Bertz CT molecular complexity index is 1740. The molecule has 2 heterocycles. The van der Waals surface area contributed by atoms with Gasteiger partial charge in [-0.25, -0.2) is 9.97 Å². The highest BCUT2D eigenvalue weighted by atomic mass is 32.2. The smallest absolute Gasteiger partial charge is 0.297 e. The third-order valence-electron chi connectivity index (χ3n) is 7.70. The van der Waals surface area contributed by atoms with E-state index in [1.165, 1.54) is 0 Å². The molecule has 0 fully saturated rings. The standard InChI is InChI=1S/C34H43N3O5S2Si/c1-25-13-17-29(18-14-25)44(38,39)40-23-28(24-41-45(7,8)34(2,3)4)42-27-16-19-30-31(21-27)43-33(36-30)12-10-9-11-26-15-20-32(35-22-26)37(5)6/h9-22,28H,23-24H2,1-8H3/b11-9+,12-10+. The number of ether oxygens (including phenoxy) is 1. The van der Waals surface area contributed by atoms with Crippen molar-refractivity contribution in [3.8, 4) is 5.75 Å². The molecule has 1 atom stereocenters. The van der Waals surface area contributed by atoms with Gasteiger partial charge in [0.2, 0.25) is 0 Å². The third kappa shape index (κ3) is 9.57. The van der Waals surface area contributed by atoms with Crippen LogP contribution in [-0.4, -0.2) is 60.1 Å². The molecule has 11 heteroatoms. The summed E-state index contributed by atoms with van der Waals surface area (Å²) in [7, 11) is -2.16. The van der Waals surface area contributed by atoms with Crippen molar-refractivity contribution in [2.75, 3.05) is 32.2 Å². The van der Waals surface area contributed by atoms with Crippen LogP contribution in [0.25, 0.3) is 22.4 Å². The minimum absolute atomic E-state index is 0.0133. The molecule has 0 radical (unpaired) electrons. The molecule has 45 heavy (non-hydrogen) atoms. The lowest BCUT2D eigenvalue weighted by Gasteiger charge is -2.37. The van der Waals surface area contributed by atoms with Gasteiger partial charge in [0.15, 0.2) is 8.32 Å². The maximum atomic E-state index is 12.9. The van der Waals surface area contributed by atoms with Crippen molar-refractivity contribution < 1.29 is 21.8 Å². The van der Waals surface area contributed by atoms with Gasteiger partial charge in [-0.15, -0.1) is 11.3 Å². The number of aryl methyl sites for hydroxylation is 1. The first-order valence-corrected chi connectivity index (χ1v) is 19.9. The van der Waals surface area contributed by atoms with Gasteiger partial charge >= 0.3 is 0 Å². The first-order chi connectivity index (χ1) is 21.1. The lowest BCUT2D eigenvalue weighted by molar-refractivity contribution is 0.0781. The van der Waals surface area contributed by atoms with Crippen LogP contribution in [0.5, 0.6) is 5.75 Å². The van der Waals surface area contributed by atoms with Gasteiger partial charge < -0.3 is 14.1 Å². The Morgan fingerprint density at radius 3 is 2.33 bits per heavy atom. The van der Waals surface area contributed by atoms with E-state index < -0.39 is 24.5 Å². The van der Waals surface area contributed by atoms with E-state index in [1.807, 2.05) is 86.8 Å². The van der Waals surface area contributed by atoms with E-state index in [0.717, 1.165) is 32.2 Å². The van der Waals surface area contributed by atoms with Gasteiger partial charge in [0, 0.05) is 20.3 Å². The first kappa shape index (κ1) is 34.5. The Morgan fingerprint density at radius 1 is 0.978 bits per heavy atom. The highest BCUT2D eigenvalue weighted by molar-refractivity contribution is 7.86. The van der Waals surface area contributed by atoms with Crippen LogP contribution in [0, 0.1) is 6.92 Å². The van der Waals surface area contributed by atoms with Gasteiger partial charge in [-0.3, -0.25) is 4.18 Å². The summed E-state index contributed by atoms with van der Waals surface area (Å²) in [5.41, 5.74) is 2.83. The predicted molar refractivity (Wildman–Crippen MR) is 188 cm³/mol. The molecule has 0 bridgehead atoms. The molecule has 0 saturated heterocycles. The molecule has 4 rings (SSSR count). The topological polar surface area (TPSA) is 90.9 Å². The van der Waals surface area contributed by atoms with Crippen LogP contribution in [-0.2, 0) is 18.7 Å². The number of aromatic nitrogens is 2. The zero-order valence-corrected chi connectivity index (χ0v) is 29.9. The molecule has 0 aliphatic heterocycles. The highest BCUT2D eigenvalue weighted by Gasteiger charge is 2.38. The number of fused-ring (bicyclic) bond motifs is 1. The first-order valence-electron chi connectivity index (χ1n) is 14.8. The minimum atomic E-state index is -3.96. The fourth-order valence-corrected chi connectivity index (χ4v) is 6.78. The molecule has 2 aromatic carbocycles. The molecule has 2 aromatic heterocycles. The van der Waals surface area contributed by atoms with Crippen molar-refractivity contribution in [3.05, 3.63) is 89.1 Å². The molecule has 0 spiro atoms. The number of hydrogen-bond acceptors (Lipinski definition) is 9. The number of allylic oxidation sites excluding steroid dienone is 2. The summed E-state index contributed by atoms with van der Waals surface area (Å²) in [6, 6.07) is 16.3.